The van der Waals surface area contributed by atoms with Gasteiger partial charge in [-0.25, -0.2) is 4.98 Å². The third kappa shape index (κ3) is 3.32. The first-order valence-electron chi connectivity index (χ1n) is 5.78. The van der Waals surface area contributed by atoms with Gasteiger partial charge in [0.2, 0.25) is 0 Å². The van der Waals surface area contributed by atoms with E-state index in [1.807, 2.05) is 19.1 Å². The van der Waals surface area contributed by atoms with Gasteiger partial charge in [0, 0.05) is 4.47 Å². The Labute approximate surface area is 135 Å². The molecular weight excluding hydrogens is 363 g/mol. The van der Waals surface area contributed by atoms with Crippen LogP contribution in [0.15, 0.2) is 28.7 Å². The molecule has 2 rings (SSSR count). The molecule has 0 aliphatic carbocycles. The number of pyridine rings is 1. The number of rotatable bonds is 2. The van der Waals surface area contributed by atoms with Crippen molar-refractivity contribution >= 4 is 50.9 Å². The minimum Gasteiger partial charge on any atom is -0.305 e. The number of carbonyl (C=O) groups is 1. The maximum Gasteiger partial charge on any atom is 0.258 e. The molecule has 1 N–H and O–H groups in total. The fourth-order valence-corrected chi connectivity index (χ4v) is 2.70. The van der Waals surface area contributed by atoms with Crippen LogP contribution in [0.4, 0.5) is 5.82 Å². The van der Waals surface area contributed by atoms with Crippen LogP contribution in [0, 0.1) is 13.8 Å². The predicted molar refractivity (Wildman–Crippen MR) is 85.8 cm³/mol. The third-order valence-electron chi connectivity index (χ3n) is 2.71. The Morgan fingerprint density at radius 1 is 1.20 bits per heavy atom. The molecule has 0 aliphatic heterocycles. The highest BCUT2D eigenvalue weighted by Gasteiger charge is 2.14. The Morgan fingerprint density at radius 2 is 1.90 bits per heavy atom. The van der Waals surface area contributed by atoms with E-state index < -0.39 is 0 Å². The summed E-state index contributed by atoms with van der Waals surface area (Å²) in [5.74, 6) is 0.0130. The van der Waals surface area contributed by atoms with Crippen molar-refractivity contribution in [2.45, 2.75) is 13.8 Å². The lowest BCUT2D eigenvalue weighted by molar-refractivity contribution is 0.102. The minimum atomic E-state index is -0.284. The first kappa shape index (κ1) is 15.3. The number of carbonyl (C=O) groups excluding carboxylic acids is 1. The number of hydrogen-bond donors (Lipinski definition) is 1. The number of hydrogen-bond acceptors (Lipinski definition) is 2. The van der Waals surface area contributed by atoms with Crippen LogP contribution < -0.4 is 5.32 Å². The van der Waals surface area contributed by atoms with Crippen molar-refractivity contribution in [1.82, 2.24) is 4.98 Å². The summed E-state index contributed by atoms with van der Waals surface area (Å²) >= 11 is 15.3. The molecule has 1 amide bonds. The first-order chi connectivity index (χ1) is 9.38. The fraction of sp³-hybridized carbons (Fsp3) is 0.143. The second kappa shape index (κ2) is 6.12. The zero-order valence-electron chi connectivity index (χ0n) is 10.8. The van der Waals surface area contributed by atoms with Crippen molar-refractivity contribution < 1.29 is 4.79 Å². The van der Waals surface area contributed by atoms with Crippen LogP contribution >= 0.6 is 39.1 Å². The predicted octanol–water partition coefficient (Wildman–Crippen LogP) is 5.02. The summed E-state index contributed by atoms with van der Waals surface area (Å²) in [7, 11) is 0. The van der Waals surface area contributed by atoms with Gasteiger partial charge in [0.1, 0.15) is 0 Å². The molecule has 0 bridgehead atoms. The number of nitrogens with one attached hydrogen (secondary N) is 1. The second-order valence-corrected chi connectivity index (χ2v) is 5.99. The van der Waals surface area contributed by atoms with E-state index in [-0.39, 0.29) is 5.91 Å². The zero-order chi connectivity index (χ0) is 14.9. The lowest BCUT2D eigenvalue weighted by Gasteiger charge is -2.09. The van der Waals surface area contributed by atoms with Crippen molar-refractivity contribution in [3.63, 3.8) is 0 Å². The molecule has 1 heterocycles. The molecular formula is C14H11BrCl2N2O. The maximum absolute atomic E-state index is 12.2. The van der Waals surface area contributed by atoms with Crippen LogP contribution in [0.1, 0.15) is 21.6 Å². The van der Waals surface area contributed by atoms with Crippen LogP contribution in [0.3, 0.4) is 0 Å². The van der Waals surface area contributed by atoms with Gasteiger partial charge in [-0.2, -0.15) is 0 Å². The van der Waals surface area contributed by atoms with Gasteiger partial charge >= 0.3 is 0 Å². The molecule has 0 atom stereocenters. The molecule has 6 heteroatoms. The van der Waals surface area contributed by atoms with E-state index in [1.54, 1.807) is 19.1 Å². The molecule has 20 heavy (non-hydrogen) atoms. The molecule has 0 unspecified atom stereocenters. The fourth-order valence-electron chi connectivity index (χ4n) is 1.63. The summed E-state index contributed by atoms with van der Waals surface area (Å²) in [5.41, 5.74) is 2.18. The van der Waals surface area contributed by atoms with Crippen LogP contribution in [0.25, 0.3) is 0 Å². The summed E-state index contributed by atoms with van der Waals surface area (Å²) in [4.78, 5) is 16.4. The summed E-state index contributed by atoms with van der Waals surface area (Å²) < 4.78 is 0.719. The molecule has 0 saturated heterocycles. The molecule has 2 aromatic rings. The SMILES string of the molecule is Cc1ccc(C(=O)Nc2nc(C)c(Cl)cc2Cl)c(Br)c1. The van der Waals surface area contributed by atoms with E-state index in [1.165, 1.54) is 0 Å². The molecule has 1 aromatic heterocycles. The van der Waals surface area contributed by atoms with Crippen LogP contribution in [0.5, 0.6) is 0 Å². The number of halogens is 3. The highest BCUT2D eigenvalue weighted by Crippen LogP contribution is 2.27. The van der Waals surface area contributed by atoms with E-state index >= 15 is 0 Å². The Hall–Kier alpha value is -1.10. The topological polar surface area (TPSA) is 42.0 Å². The normalized spacial score (nSPS) is 10.4. The summed E-state index contributed by atoms with van der Waals surface area (Å²) in [5, 5.41) is 3.45. The van der Waals surface area contributed by atoms with E-state index in [0.29, 0.717) is 27.1 Å². The van der Waals surface area contributed by atoms with Gasteiger partial charge in [-0.15, -0.1) is 0 Å². The Bertz CT molecular complexity index is 689. The largest absolute Gasteiger partial charge is 0.305 e. The van der Waals surface area contributed by atoms with Crippen molar-refractivity contribution in [2.24, 2.45) is 0 Å². The van der Waals surface area contributed by atoms with E-state index in [0.717, 1.165) is 10.0 Å². The minimum absolute atomic E-state index is 0.284. The van der Waals surface area contributed by atoms with Crippen LogP contribution in [-0.4, -0.2) is 10.9 Å². The molecule has 0 radical (unpaired) electrons. The molecule has 0 fully saturated rings. The first-order valence-corrected chi connectivity index (χ1v) is 7.33. The number of nitrogens with zero attached hydrogens (tertiary/aromatic N) is 1. The summed E-state index contributed by atoms with van der Waals surface area (Å²) in [6.07, 6.45) is 0. The zero-order valence-corrected chi connectivity index (χ0v) is 13.9. The van der Waals surface area contributed by atoms with Crippen molar-refractivity contribution in [2.75, 3.05) is 5.32 Å². The number of aromatic nitrogens is 1. The third-order valence-corrected chi connectivity index (χ3v) is 4.03. The van der Waals surface area contributed by atoms with Gasteiger partial charge < -0.3 is 5.32 Å². The molecule has 1 aromatic carbocycles. The van der Waals surface area contributed by atoms with Crippen LogP contribution in [-0.2, 0) is 0 Å². The highest BCUT2D eigenvalue weighted by atomic mass is 79.9. The van der Waals surface area contributed by atoms with E-state index in [4.69, 9.17) is 23.2 Å². The van der Waals surface area contributed by atoms with E-state index in [9.17, 15) is 4.79 Å². The molecule has 104 valence electrons. The maximum atomic E-state index is 12.2. The van der Waals surface area contributed by atoms with Gasteiger partial charge in [0.25, 0.3) is 5.91 Å². The number of benzene rings is 1. The highest BCUT2D eigenvalue weighted by molar-refractivity contribution is 9.10. The van der Waals surface area contributed by atoms with Crippen molar-refractivity contribution in [1.29, 1.82) is 0 Å². The van der Waals surface area contributed by atoms with Gasteiger partial charge in [0.05, 0.1) is 21.3 Å². The van der Waals surface area contributed by atoms with Crippen molar-refractivity contribution in [3.8, 4) is 0 Å². The van der Waals surface area contributed by atoms with E-state index in [2.05, 4.69) is 26.2 Å². The molecule has 0 aliphatic rings. The Kier molecular flexibility index (Phi) is 4.68. The van der Waals surface area contributed by atoms with Crippen LogP contribution in [0.2, 0.25) is 10.0 Å². The molecule has 0 spiro atoms. The lowest BCUT2D eigenvalue weighted by atomic mass is 10.1. The van der Waals surface area contributed by atoms with Gasteiger partial charge in [-0.1, -0.05) is 29.3 Å². The Morgan fingerprint density at radius 3 is 2.55 bits per heavy atom. The summed E-state index contributed by atoms with van der Waals surface area (Å²) in [6, 6.07) is 7.04. The molecule has 0 saturated carbocycles. The van der Waals surface area contributed by atoms with Gasteiger partial charge in [0.15, 0.2) is 5.82 Å². The van der Waals surface area contributed by atoms with Crippen molar-refractivity contribution in [3.05, 3.63) is 55.6 Å². The standard InChI is InChI=1S/C14H11BrCl2N2O/c1-7-3-4-9(10(15)5-7)14(20)19-13-12(17)6-11(16)8(2)18-13/h3-6H,1-2H3,(H,18,19,20). The lowest BCUT2D eigenvalue weighted by Crippen LogP contribution is -2.14. The number of aryl methyl sites for hydroxylation is 2. The molecule has 3 nitrogen and oxygen atoms in total. The summed E-state index contributed by atoms with van der Waals surface area (Å²) in [6.45, 7) is 3.70. The quantitative estimate of drug-likeness (QED) is 0.802. The number of amides is 1. The Balaban J connectivity index is 2.30. The van der Waals surface area contributed by atoms with Gasteiger partial charge in [-0.3, -0.25) is 4.79 Å². The smallest absolute Gasteiger partial charge is 0.258 e. The average Bonchev–Trinajstić information content (AvgIpc) is 2.35. The average molecular weight is 374 g/mol. The second-order valence-electron chi connectivity index (χ2n) is 4.32. The monoisotopic (exact) mass is 372 g/mol. The van der Waals surface area contributed by atoms with Gasteiger partial charge in [-0.05, 0) is 53.5 Å². The number of anilines is 1.